The Bertz CT molecular complexity index is 524. The highest BCUT2D eigenvalue weighted by Gasteiger charge is 2.29. The SMILES string of the molecule is CCS(=O)(=O)N1Cc2nccn2CC(CN(C)C)C1. The fraction of sp³-hybridized carbons (Fsp3) is 0.750. The number of imidazole rings is 1. The summed E-state index contributed by atoms with van der Waals surface area (Å²) in [5.41, 5.74) is 0. The standard InChI is InChI=1S/C12H22N4O2S/c1-4-19(17,18)16-9-11(7-14(2)3)8-15-6-5-13-12(15)10-16/h5-6,11H,4,7-10H2,1-3H3. The minimum atomic E-state index is -3.17. The maximum atomic E-state index is 12.1. The number of hydrogen-bond donors (Lipinski definition) is 0. The Morgan fingerprint density at radius 2 is 2.16 bits per heavy atom. The molecule has 0 bridgehead atoms. The van der Waals surface area contributed by atoms with Gasteiger partial charge in [-0.05, 0) is 21.0 Å². The summed E-state index contributed by atoms with van der Waals surface area (Å²) in [4.78, 5) is 6.37. The molecule has 19 heavy (non-hydrogen) atoms. The van der Waals surface area contributed by atoms with Crippen LogP contribution in [0, 0.1) is 5.92 Å². The monoisotopic (exact) mass is 286 g/mol. The normalized spacial score (nSPS) is 21.4. The van der Waals surface area contributed by atoms with Crippen LogP contribution in [0.1, 0.15) is 12.7 Å². The van der Waals surface area contributed by atoms with Crippen molar-refractivity contribution in [1.29, 1.82) is 0 Å². The largest absolute Gasteiger partial charge is 0.333 e. The van der Waals surface area contributed by atoms with Crippen molar-refractivity contribution in [3.63, 3.8) is 0 Å². The van der Waals surface area contributed by atoms with Crippen LogP contribution in [-0.2, 0) is 23.1 Å². The van der Waals surface area contributed by atoms with Crippen LogP contribution in [0.15, 0.2) is 12.4 Å². The van der Waals surface area contributed by atoms with Crippen molar-refractivity contribution < 1.29 is 8.42 Å². The van der Waals surface area contributed by atoms with Crippen LogP contribution in [-0.4, -0.2) is 60.1 Å². The highest BCUT2D eigenvalue weighted by atomic mass is 32.2. The van der Waals surface area contributed by atoms with E-state index in [1.165, 1.54) is 0 Å². The average Bonchev–Trinajstić information content (AvgIpc) is 2.67. The van der Waals surface area contributed by atoms with Crippen molar-refractivity contribution in [3.05, 3.63) is 18.2 Å². The molecule has 1 atom stereocenters. The van der Waals surface area contributed by atoms with Gasteiger partial charge in [0.1, 0.15) is 5.82 Å². The van der Waals surface area contributed by atoms with Crippen LogP contribution in [0.4, 0.5) is 0 Å². The topological polar surface area (TPSA) is 58.4 Å². The van der Waals surface area contributed by atoms with E-state index in [0.29, 0.717) is 13.1 Å². The zero-order valence-electron chi connectivity index (χ0n) is 11.8. The van der Waals surface area contributed by atoms with Gasteiger partial charge in [-0.1, -0.05) is 0 Å². The van der Waals surface area contributed by atoms with Crippen molar-refractivity contribution in [3.8, 4) is 0 Å². The van der Waals surface area contributed by atoms with Crippen molar-refractivity contribution in [2.24, 2.45) is 5.92 Å². The highest BCUT2D eigenvalue weighted by molar-refractivity contribution is 7.89. The Morgan fingerprint density at radius 1 is 1.42 bits per heavy atom. The smallest absolute Gasteiger partial charge is 0.214 e. The predicted octanol–water partition coefficient (Wildman–Crippen LogP) is 0.226. The molecule has 7 heteroatoms. The molecule has 1 aliphatic heterocycles. The molecule has 1 aromatic heterocycles. The van der Waals surface area contributed by atoms with E-state index in [9.17, 15) is 8.42 Å². The molecule has 2 rings (SSSR count). The summed E-state index contributed by atoms with van der Waals surface area (Å²) in [6.07, 6.45) is 3.67. The van der Waals surface area contributed by atoms with Gasteiger partial charge in [0.25, 0.3) is 0 Å². The fourth-order valence-electron chi connectivity index (χ4n) is 2.53. The summed E-state index contributed by atoms with van der Waals surface area (Å²) < 4.78 is 27.9. The first kappa shape index (κ1) is 14.5. The van der Waals surface area contributed by atoms with E-state index in [2.05, 4.69) is 14.5 Å². The summed E-state index contributed by atoms with van der Waals surface area (Å²) in [7, 11) is 0.852. The molecule has 0 aliphatic carbocycles. The summed E-state index contributed by atoms with van der Waals surface area (Å²) in [6, 6.07) is 0. The fourth-order valence-corrected chi connectivity index (χ4v) is 3.65. The van der Waals surface area contributed by atoms with Gasteiger partial charge in [0.2, 0.25) is 10.0 Å². The van der Waals surface area contributed by atoms with Gasteiger partial charge >= 0.3 is 0 Å². The molecule has 0 aromatic carbocycles. The lowest BCUT2D eigenvalue weighted by atomic mass is 10.1. The third-order valence-electron chi connectivity index (χ3n) is 3.42. The number of nitrogens with zero attached hydrogens (tertiary/aromatic N) is 4. The summed E-state index contributed by atoms with van der Waals surface area (Å²) in [6.45, 7) is 4.33. The number of fused-ring (bicyclic) bond motifs is 1. The molecule has 0 radical (unpaired) electrons. The van der Waals surface area contributed by atoms with E-state index in [1.54, 1.807) is 17.4 Å². The quantitative estimate of drug-likeness (QED) is 0.795. The lowest BCUT2D eigenvalue weighted by Crippen LogP contribution is -2.38. The van der Waals surface area contributed by atoms with E-state index >= 15 is 0 Å². The molecule has 0 N–H and O–H groups in total. The van der Waals surface area contributed by atoms with Crippen LogP contribution in [0.5, 0.6) is 0 Å². The van der Waals surface area contributed by atoms with Crippen molar-refractivity contribution >= 4 is 10.0 Å². The number of hydrogen-bond acceptors (Lipinski definition) is 4. The maximum absolute atomic E-state index is 12.1. The maximum Gasteiger partial charge on any atom is 0.214 e. The first-order valence-corrected chi connectivity index (χ1v) is 8.16. The number of rotatable bonds is 4. The molecular weight excluding hydrogens is 264 g/mol. The third-order valence-corrected chi connectivity index (χ3v) is 5.21. The van der Waals surface area contributed by atoms with Crippen LogP contribution < -0.4 is 0 Å². The molecule has 108 valence electrons. The second-order valence-electron chi connectivity index (χ2n) is 5.32. The molecule has 0 saturated carbocycles. The lowest BCUT2D eigenvalue weighted by Gasteiger charge is -2.25. The van der Waals surface area contributed by atoms with Gasteiger partial charge in [0, 0.05) is 37.9 Å². The molecule has 0 spiro atoms. The molecule has 2 heterocycles. The van der Waals surface area contributed by atoms with Crippen molar-refractivity contribution in [1.82, 2.24) is 18.8 Å². The van der Waals surface area contributed by atoms with E-state index in [-0.39, 0.29) is 11.7 Å². The van der Waals surface area contributed by atoms with E-state index in [0.717, 1.165) is 18.9 Å². The van der Waals surface area contributed by atoms with Crippen LogP contribution >= 0.6 is 0 Å². The van der Waals surface area contributed by atoms with Crippen LogP contribution in [0.25, 0.3) is 0 Å². The highest BCUT2D eigenvalue weighted by Crippen LogP contribution is 2.19. The van der Waals surface area contributed by atoms with Crippen molar-refractivity contribution in [2.75, 3.05) is 32.9 Å². The Kier molecular flexibility index (Phi) is 4.27. The minimum absolute atomic E-state index is 0.141. The van der Waals surface area contributed by atoms with E-state index in [4.69, 9.17) is 0 Å². The Labute approximate surface area is 115 Å². The third kappa shape index (κ3) is 3.34. The molecule has 6 nitrogen and oxygen atoms in total. The Morgan fingerprint density at radius 3 is 2.79 bits per heavy atom. The zero-order valence-corrected chi connectivity index (χ0v) is 12.6. The molecule has 1 aliphatic rings. The van der Waals surface area contributed by atoms with Gasteiger partial charge in [-0.15, -0.1) is 0 Å². The Hall–Kier alpha value is -0.920. The number of sulfonamides is 1. The van der Waals surface area contributed by atoms with E-state index < -0.39 is 10.0 Å². The first-order valence-electron chi connectivity index (χ1n) is 6.55. The van der Waals surface area contributed by atoms with Gasteiger partial charge < -0.3 is 9.47 Å². The van der Waals surface area contributed by atoms with Crippen molar-refractivity contribution in [2.45, 2.75) is 20.0 Å². The first-order chi connectivity index (χ1) is 8.92. The van der Waals surface area contributed by atoms with Gasteiger partial charge in [0.05, 0.1) is 12.3 Å². The van der Waals surface area contributed by atoms with Gasteiger partial charge in [0.15, 0.2) is 0 Å². The second-order valence-corrected chi connectivity index (χ2v) is 7.57. The minimum Gasteiger partial charge on any atom is -0.333 e. The van der Waals surface area contributed by atoms with Crippen LogP contribution in [0.2, 0.25) is 0 Å². The predicted molar refractivity (Wildman–Crippen MR) is 74.1 cm³/mol. The van der Waals surface area contributed by atoms with Gasteiger partial charge in [-0.3, -0.25) is 0 Å². The van der Waals surface area contributed by atoms with Crippen LogP contribution in [0.3, 0.4) is 0 Å². The lowest BCUT2D eigenvalue weighted by molar-refractivity contribution is 0.265. The number of aromatic nitrogens is 2. The Balaban J connectivity index is 2.27. The van der Waals surface area contributed by atoms with Gasteiger partial charge in [-0.2, -0.15) is 4.31 Å². The average molecular weight is 286 g/mol. The summed E-state index contributed by atoms with van der Waals surface area (Å²) in [5.74, 6) is 1.26. The van der Waals surface area contributed by atoms with E-state index in [1.807, 2.05) is 20.3 Å². The molecular formula is C12H22N4O2S. The zero-order chi connectivity index (χ0) is 14.0. The summed E-state index contributed by atoms with van der Waals surface area (Å²) in [5, 5.41) is 0. The molecule has 0 amide bonds. The molecule has 1 aromatic rings. The van der Waals surface area contributed by atoms with Gasteiger partial charge in [-0.25, -0.2) is 13.4 Å². The molecule has 0 fully saturated rings. The molecule has 1 unspecified atom stereocenters. The second kappa shape index (κ2) is 5.60. The summed E-state index contributed by atoms with van der Waals surface area (Å²) >= 11 is 0. The molecule has 0 saturated heterocycles.